The number of hydrogen-bond donors (Lipinski definition) is 0. The zero-order valence-corrected chi connectivity index (χ0v) is 24.5. The summed E-state index contributed by atoms with van der Waals surface area (Å²) >= 11 is 4.08. The molecule has 0 spiro atoms. The van der Waals surface area contributed by atoms with Gasteiger partial charge in [0.05, 0.1) is 0 Å². The van der Waals surface area contributed by atoms with Crippen LogP contribution in [0.1, 0.15) is 130 Å². The number of allylic oxidation sites excluding steroid dienone is 4. The molecule has 1 aromatic rings. The molecule has 1 unspecified atom stereocenters. The predicted molar refractivity (Wildman–Crippen MR) is 140 cm³/mol. The molecule has 1 atom stereocenters. The van der Waals surface area contributed by atoms with Gasteiger partial charge in [0.2, 0.25) is 0 Å². The van der Waals surface area contributed by atoms with Crippen LogP contribution in [0.5, 0.6) is 0 Å². The average molecular weight is 532 g/mol. The van der Waals surface area contributed by atoms with Gasteiger partial charge in [0.15, 0.2) is 0 Å². The van der Waals surface area contributed by atoms with Crippen LogP contribution < -0.4 is 0 Å². The van der Waals surface area contributed by atoms with Crippen LogP contribution in [0.3, 0.4) is 0 Å². The molecule has 0 nitrogen and oxygen atoms in total. The zero-order chi connectivity index (χ0) is 23.9. The fraction of sp³-hybridized carbons (Fsp3) is 0.655. The van der Waals surface area contributed by atoms with Crippen LogP contribution in [-0.4, -0.2) is 13.9 Å². The Bertz CT molecular complexity index is 799. The van der Waals surface area contributed by atoms with E-state index < -0.39 is 0 Å². The molecule has 0 aromatic heterocycles. The van der Waals surface area contributed by atoms with Crippen LogP contribution in [0, 0.1) is 0 Å². The molecule has 31 heavy (non-hydrogen) atoms. The Morgan fingerprint density at radius 2 is 1.26 bits per heavy atom. The van der Waals surface area contributed by atoms with E-state index in [1.54, 1.807) is 0 Å². The summed E-state index contributed by atoms with van der Waals surface area (Å²) < 4.78 is 0.00993. The van der Waals surface area contributed by atoms with Crippen molar-refractivity contribution in [1.82, 2.24) is 0 Å². The van der Waals surface area contributed by atoms with Gasteiger partial charge in [-0.2, -0.15) is 0 Å². The maximum atomic E-state index is 4.08. The fourth-order valence-electron chi connectivity index (χ4n) is 5.39. The van der Waals surface area contributed by atoms with E-state index in [1.165, 1.54) is 27.8 Å². The Hall–Kier alpha value is -0.208. The van der Waals surface area contributed by atoms with Crippen LogP contribution in [0.2, 0.25) is 0 Å². The standard InChI is InChI=1S/C29H46P.Pd/c1-19(2)22-17-24(20(3)4)27(25(18-22)21(5)6)23-15-13-14-16-26(23)30(28(7,8)9)29(10,11)12;/h13-15,17-21H,16H2,1-12H3;/q;+1. The van der Waals surface area contributed by atoms with Crippen molar-refractivity contribution in [3.63, 3.8) is 0 Å². The van der Waals surface area contributed by atoms with E-state index in [0.29, 0.717) is 17.8 Å². The first-order valence-electron chi connectivity index (χ1n) is 12.0. The van der Waals surface area contributed by atoms with Gasteiger partial charge in [0, 0.05) is 0 Å². The molecular weight excluding hydrogens is 486 g/mol. The van der Waals surface area contributed by atoms with Crippen LogP contribution >= 0.6 is 7.92 Å². The van der Waals surface area contributed by atoms with Crippen molar-refractivity contribution < 1.29 is 19.2 Å². The first kappa shape index (κ1) is 27.0. The van der Waals surface area contributed by atoms with Crippen LogP contribution in [0.25, 0.3) is 5.57 Å². The van der Waals surface area contributed by atoms with Crippen molar-refractivity contribution in [1.29, 1.82) is 0 Å². The van der Waals surface area contributed by atoms with Crippen molar-refractivity contribution in [3.05, 3.63) is 52.6 Å². The molecule has 0 amide bonds. The second-order valence-electron chi connectivity index (χ2n) is 12.1. The minimum absolute atomic E-state index is 0.00993. The summed E-state index contributed by atoms with van der Waals surface area (Å²) in [6.45, 7) is 28.8. The Kier molecular flexibility index (Phi) is 8.35. The number of benzene rings is 1. The summed E-state index contributed by atoms with van der Waals surface area (Å²) in [7, 11) is -0.376. The van der Waals surface area contributed by atoms with Gasteiger partial charge in [0.25, 0.3) is 0 Å². The molecule has 0 bridgehead atoms. The van der Waals surface area contributed by atoms with E-state index in [1.807, 2.05) is 0 Å². The molecule has 0 radical (unpaired) electrons. The summed E-state index contributed by atoms with van der Waals surface area (Å²) in [6, 6.07) is 5.01. The van der Waals surface area contributed by atoms with Gasteiger partial charge in [0.1, 0.15) is 0 Å². The fourth-order valence-corrected chi connectivity index (χ4v) is 13.8. The summed E-state index contributed by atoms with van der Waals surface area (Å²) in [6.07, 6.45) is 8.18. The van der Waals surface area contributed by atoms with Gasteiger partial charge >= 0.3 is 207 Å². The second-order valence-corrected chi connectivity index (χ2v) is 18.2. The molecule has 2 heteroatoms. The van der Waals surface area contributed by atoms with E-state index in [9.17, 15) is 0 Å². The quantitative estimate of drug-likeness (QED) is 0.262. The summed E-state index contributed by atoms with van der Waals surface area (Å²) in [5.74, 6) is 1.53. The predicted octanol–water partition coefficient (Wildman–Crippen LogP) is 9.72. The third-order valence-corrected chi connectivity index (χ3v) is 11.8. The Labute approximate surface area is 205 Å². The van der Waals surface area contributed by atoms with Gasteiger partial charge in [-0.05, 0) is 0 Å². The second kappa shape index (κ2) is 9.57. The van der Waals surface area contributed by atoms with Crippen molar-refractivity contribution in [2.75, 3.05) is 0 Å². The Morgan fingerprint density at radius 1 is 0.806 bits per heavy atom. The van der Waals surface area contributed by atoms with Crippen LogP contribution in [-0.2, 0) is 19.2 Å². The van der Waals surface area contributed by atoms with Gasteiger partial charge in [-0.15, -0.1) is 0 Å². The molecule has 0 fully saturated rings. The molecule has 0 aliphatic heterocycles. The Balaban J connectivity index is 2.92. The van der Waals surface area contributed by atoms with Gasteiger partial charge in [-0.25, -0.2) is 0 Å². The van der Waals surface area contributed by atoms with E-state index in [-0.39, 0.29) is 21.9 Å². The molecule has 2 rings (SSSR count). The molecule has 0 saturated carbocycles. The number of hydrogen-bond acceptors (Lipinski definition) is 0. The molecule has 1 aromatic carbocycles. The van der Waals surface area contributed by atoms with Crippen molar-refractivity contribution in [2.45, 2.75) is 121 Å². The summed E-state index contributed by atoms with van der Waals surface area (Å²) in [4.78, 5) is 0. The van der Waals surface area contributed by atoms with Crippen LogP contribution in [0.4, 0.5) is 0 Å². The Morgan fingerprint density at radius 3 is 1.61 bits per heavy atom. The summed E-state index contributed by atoms with van der Waals surface area (Å²) in [5.41, 5.74) is 7.55. The maximum absolute atomic E-state index is 4.08. The first-order chi connectivity index (χ1) is 14.0. The van der Waals surface area contributed by atoms with Crippen molar-refractivity contribution in [3.8, 4) is 0 Å². The van der Waals surface area contributed by atoms with E-state index in [0.717, 1.165) is 6.42 Å². The monoisotopic (exact) mass is 531 g/mol. The zero-order valence-electron chi connectivity index (χ0n) is 22.1. The van der Waals surface area contributed by atoms with Crippen molar-refractivity contribution in [2.24, 2.45) is 0 Å². The van der Waals surface area contributed by atoms with Gasteiger partial charge in [-0.1, -0.05) is 0 Å². The average Bonchev–Trinajstić information content (AvgIpc) is 2.57. The van der Waals surface area contributed by atoms with E-state index in [4.69, 9.17) is 0 Å². The molecule has 0 heterocycles. The van der Waals surface area contributed by atoms with E-state index in [2.05, 4.69) is 133 Å². The van der Waals surface area contributed by atoms with Gasteiger partial charge in [-0.3, -0.25) is 0 Å². The van der Waals surface area contributed by atoms with E-state index >= 15 is 0 Å². The third-order valence-electron chi connectivity index (χ3n) is 6.25. The molecule has 1 aliphatic rings. The number of rotatable bonds is 5. The third kappa shape index (κ3) is 5.65. The minimum atomic E-state index is -0.376. The normalized spacial score (nSPS) is 20.4. The van der Waals surface area contributed by atoms with Crippen molar-refractivity contribution >= 4 is 13.5 Å². The summed E-state index contributed by atoms with van der Waals surface area (Å²) in [5, 5.41) is 0.481. The van der Waals surface area contributed by atoms with Crippen LogP contribution in [0.15, 0.2) is 30.4 Å². The molecule has 176 valence electrons. The molecule has 0 saturated heterocycles. The topological polar surface area (TPSA) is 0 Å². The SMILES string of the molecule is CC(C)c1cc(C(C)C)c(C2=CC=CC[C]2([Pd+])P(C(C)(C)C)C(C)(C)C)c(C(C)C)c1. The molecular formula is C29H46PPd+. The first-order valence-corrected chi connectivity index (χ1v) is 14.1. The molecule has 0 N–H and O–H groups in total. The molecule has 1 aliphatic carbocycles. The van der Waals surface area contributed by atoms with Gasteiger partial charge < -0.3 is 0 Å².